The average molecular weight is 291 g/mol. The molecule has 0 saturated carbocycles. The topological polar surface area (TPSA) is 71.8 Å². The zero-order valence-electron chi connectivity index (χ0n) is 11.4. The second-order valence-electron chi connectivity index (χ2n) is 4.41. The van der Waals surface area contributed by atoms with Crippen molar-refractivity contribution in [2.45, 2.75) is 6.42 Å². The van der Waals surface area contributed by atoms with Crippen molar-refractivity contribution in [1.29, 1.82) is 0 Å². The minimum Gasteiger partial charge on any atom is -0.357 e. The number of rotatable bonds is 3. The zero-order valence-corrected chi connectivity index (χ0v) is 12.2. The van der Waals surface area contributed by atoms with Gasteiger partial charge in [-0.3, -0.25) is 0 Å². The molecule has 0 atom stereocenters. The van der Waals surface area contributed by atoms with Gasteiger partial charge in [-0.2, -0.15) is 31.8 Å². The molecule has 0 spiro atoms. The van der Waals surface area contributed by atoms with E-state index in [0.717, 1.165) is 31.2 Å². The molecule has 106 valence electrons. The highest BCUT2D eigenvalue weighted by molar-refractivity contribution is 7.99. The molecule has 3 rings (SSSR count). The Bertz CT molecular complexity index is 549. The van der Waals surface area contributed by atoms with E-state index in [1.165, 1.54) is 5.75 Å². The molecule has 7 nitrogen and oxygen atoms in total. The van der Waals surface area contributed by atoms with Crippen LogP contribution in [0.5, 0.6) is 0 Å². The number of aromatic nitrogens is 5. The monoisotopic (exact) mass is 291 g/mol. The minimum absolute atomic E-state index is 0.543. The van der Waals surface area contributed by atoms with E-state index < -0.39 is 0 Å². The fourth-order valence-corrected chi connectivity index (χ4v) is 2.93. The summed E-state index contributed by atoms with van der Waals surface area (Å²) in [6.07, 6.45) is 4.70. The summed E-state index contributed by atoms with van der Waals surface area (Å²) in [5.41, 5.74) is 0. The Morgan fingerprint density at radius 1 is 1.15 bits per heavy atom. The molecule has 1 saturated heterocycles. The summed E-state index contributed by atoms with van der Waals surface area (Å²) >= 11 is 1.98. The lowest BCUT2D eigenvalue weighted by molar-refractivity contribution is 0.748. The highest BCUT2D eigenvalue weighted by Gasteiger charge is 2.16. The second kappa shape index (κ2) is 6.08. The molecule has 1 N–H and O–H groups in total. The first-order valence-electron chi connectivity index (χ1n) is 6.63. The predicted octanol–water partition coefficient (Wildman–Crippen LogP) is 1.04. The third kappa shape index (κ3) is 2.84. The summed E-state index contributed by atoms with van der Waals surface area (Å²) in [5, 5.41) is 7.17. The van der Waals surface area contributed by atoms with Crippen molar-refractivity contribution in [2.75, 3.05) is 41.9 Å². The summed E-state index contributed by atoms with van der Waals surface area (Å²) in [6, 6.07) is 1.85. The van der Waals surface area contributed by atoms with E-state index in [0.29, 0.717) is 11.9 Å². The van der Waals surface area contributed by atoms with E-state index in [1.54, 1.807) is 10.9 Å². The van der Waals surface area contributed by atoms with Crippen LogP contribution < -0.4 is 10.2 Å². The van der Waals surface area contributed by atoms with Gasteiger partial charge in [-0.15, -0.1) is 0 Å². The maximum Gasteiger partial charge on any atom is 0.257 e. The van der Waals surface area contributed by atoms with Gasteiger partial charge in [0.05, 0.1) is 0 Å². The smallest absolute Gasteiger partial charge is 0.257 e. The SMILES string of the molecule is CNc1nc(N2CCCSCC2)nc(-n2cccn2)n1. The molecule has 1 aliphatic rings. The Morgan fingerprint density at radius 3 is 2.85 bits per heavy atom. The van der Waals surface area contributed by atoms with Crippen LogP contribution in [0.1, 0.15) is 6.42 Å². The molecule has 8 heteroatoms. The van der Waals surface area contributed by atoms with Crippen molar-refractivity contribution in [2.24, 2.45) is 0 Å². The molecule has 2 aromatic rings. The fourth-order valence-electron chi connectivity index (χ4n) is 2.04. The molecule has 3 heterocycles. The maximum absolute atomic E-state index is 4.54. The number of nitrogens with one attached hydrogen (secondary N) is 1. The van der Waals surface area contributed by atoms with Gasteiger partial charge < -0.3 is 10.2 Å². The Balaban J connectivity index is 1.95. The molecular weight excluding hydrogens is 274 g/mol. The van der Waals surface area contributed by atoms with E-state index in [1.807, 2.05) is 31.1 Å². The lowest BCUT2D eigenvalue weighted by atomic mass is 10.4. The third-order valence-corrected chi connectivity index (χ3v) is 4.10. The van der Waals surface area contributed by atoms with Crippen molar-refractivity contribution >= 4 is 23.7 Å². The van der Waals surface area contributed by atoms with Crippen LogP contribution in [-0.2, 0) is 0 Å². The van der Waals surface area contributed by atoms with Gasteiger partial charge in [-0.25, -0.2) is 4.68 Å². The summed E-state index contributed by atoms with van der Waals surface area (Å²) in [5.74, 6) is 4.14. The first-order valence-corrected chi connectivity index (χ1v) is 7.79. The molecule has 0 radical (unpaired) electrons. The maximum atomic E-state index is 4.54. The molecule has 0 unspecified atom stereocenters. The normalized spacial score (nSPS) is 15.9. The van der Waals surface area contributed by atoms with E-state index in [9.17, 15) is 0 Å². The third-order valence-electron chi connectivity index (χ3n) is 3.05. The van der Waals surface area contributed by atoms with Gasteiger partial charge in [-0.05, 0) is 18.2 Å². The Labute approximate surface area is 121 Å². The number of hydrogen-bond acceptors (Lipinski definition) is 7. The summed E-state index contributed by atoms with van der Waals surface area (Å²) in [7, 11) is 1.81. The minimum atomic E-state index is 0.543. The summed E-state index contributed by atoms with van der Waals surface area (Å²) in [6.45, 7) is 1.95. The molecular formula is C12H17N7S. The van der Waals surface area contributed by atoms with Crippen LogP contribution in [0.15, 0.2) is 18.5 Å². The number of nitrogens with zero attached hydrogens (tertiary/aromatic N) is 6. The second-order valence-corrected chi connectivity index (χ2v) is 5.64. The molecule has 2 aromatic heterocycles. The Hall–Kier alpha value is -1.83. The molecule has 1 fully saturated rings. The molecule has 0 aromatic carbocycles. The van der Waals surface area contributed by atoms with Gasteiger partial charge in [0, 0.05) is 38.3 Å². The number of anilines is 2. The van der Waals surface area contributed by atoms with Crippen LogP contribution in [0.4, 0.5) is 11.9 Å². The van der Waals surface area contributed by atoms with Crippen molar-refractivity contribution in [3.63, 3.8) is 0 Å². The van der Waals surface area contributed by atoms with Crippen LogP contribution in [0, 0.1) is 0 Å². The molecule has 20 heavy (non-hydrogen) atoms. The van der Waals surface area contributed by atoms with Gasteiger partial charge >= 0.3 is 0 Å². The van der Waals surface area contributed by atoms with E-state index in [-0.39, 0.29) is 0 Å². The van der Waals surface area contributed by atoms with Crippen LogP contribution in [0.2, 0.25) is 0 Å². The van der Waals surface area contributed by atoms with E-state index in [2.05, 4.69) is 30.3 Å². The lowest BCUT2D eigenvalue weighted by Gasteiger charge is -2.20. The molecule has 1 aliphatic heterocycles. The van der Waals surface area contributed by atoms with Gasteiger partial charge in [0.1, 0.15) is 0 Å². The van der Waals surface area contributed by atoms with Crippen molar-refractivity contribution < 1.29 is 0 Å². The Morgan fingerprint density at radius 2 is 2.05 bits per heavy atom. The van der Waals surface area contributed by atoms with Gasteiger partial charge in [0.2, 0.25) is 11.9 Å². The molecule has 0 bridgehead atoms. The van der Waals surface area contributed by atoms with Crippen molar-refractivity contribution in [1.82, 2.24) is 24.7 Å². The van der Waals surface area contributed by atoms with Crippen LogP contribution >= 0.6 is 11.8 Å². The largest absolute Gasteiger partial charge is 0.357 e. The van der Waals surface area contributed by atoms with Gasteiger partial charge in [0.25, 0.3) is 5.95 Å². The quantitative estimate of drug-likeness (QED) is 0.906. The van der Waals surface area contributed by atoms with Crippen molar-refractivity contribution in [3.8, 4) is 5.95 Å². The standard InChI is InChI=1S/C12H17N7S/c1-13-10-15-11(18-5-3-8-20-9-7-18)17-12(16-10)19-6-2-4-14-19/h2,4,6H,3,5,7-9H2,1H3,(H,13,15,16,17). The van der Waals surface area contributed by atoms with Crippen LogP contribution in [-0.4, -0.2) is 56.4 Å². The predicted molar refractivity (Wildman–Crippen MR) is 80.7 cm³/mol. The number of thioether (sulfide) groups is 1. The molecule has 0 amide bonds. The van der Waals surface area contributed by atoms with Gasteiger partial charge in [-0.1, -0.05) is 0 Å². The highest BCUT2D eigenvalue weighted by atomic mass is 32.2. The zero-order chi connectivity index (χ0) is 13.8. The first kappa shape index (κ1) is 13.2. The fraction of sp³-hybridized carbons (Fsp3) is 0.500. The first-order chi connectivity index (χ1) is 9.86. The summed E-state index contributed by atoms with van der Waals surface area (Å²) in [4.78, 5) is 15.6. The van der Waals surface area contributed by atoms with Crippen LogP contribution in [0.25, 0.3) is 5.95 Å². The van der Waals surface area contributed by atoms with E-state index >= 15 is 0 Å². The highest BCUT2D eigenvalue weighted by Crippen LogP contribution is 2.17. The Kier molecular flexibility index (Phi) is 4.00. The van der Waals surface area contributed by atoms with Crippen molar-refractivity contribution in [3.05, 3.63) is 18.5 Å². The van der Waals surface area contributed by atoms with Gasteiger partial charge in [0.15, 0.2) is 0 Å². The van der Waals surface area contributed by atoms with Crippen LogP contribution in [0.3, 0.4) is 0 Å². The lowest BCUT2D eigenvalue weighted by Crippen LogP contribution is -2.28. The summed E-state index contributed by atoms with van der Waals surface area (Å²) < 4.78 is 1.65. The number of hydrogen-bond donors (Lipinski definition) is 1. The average Bonchev–Trinajstić information content (AvgIpc) is 2.89. The van der Waals surface area contributed by atoms with E-state index in [4.69, 9.17) is 0 Å². The molecule has 0 aliphatic carbocycles.